The number of aliphatic hydroxyl groups excluding tert-OH is 4. The Labute approximate surface area is 167 Å². The monoisotopic (exact) mass is 406 g/mol. The van der Waals surface area contributed by atoms with Crippen molar-refractivity contribution in [1.82, 2.24) is 10.6 Å². The highest BCUT2D eigenvalue weighted by molar-refractivity contribution is 5.80. The highest BCUT2D eigenvalue weighted by atomic mass is 16.5. The lowest BCUT2D eigenvalue weighted by molar-refractivity contribution is -0.128. The van der Waals surface area contributed by atoms with Crippen molar-refractivity contribution in [2.45, 2.75) is 77.8 Å². The molecule has 9 heteroatoms. The highest BCUT2D eigenvalue weighted by Gasteiger charge is 2.30. The van der Waals surface area contributed by atoms with Crippen LogP contribution in [0, 0.1) is 11.3 Å². The van der Waals surface area contributed by atoms with Crippen molar-refractivity contribution in [2.24, 2.45) is 11.3 Å². The molecule has 0 heterocycles. The fourth-order valence-corrected chi connectivity index (χ4v) is 2.78. The SMILES string of the molecule is CC[C@@H](O)[C@@H](O)[C@H](O)[C@@H](O)CNC(=O)CCC(CC(C)(C)C)C(=O)NCOC. The molecule has 2 amide bonds. The van der Waals surface area contributed by atoms with E-state index in [4.69, 9.17) is 4.74 Å². The van der Waals surface area contributed by atoms with E-state index >= 15 is 0 Å². The van der Waals surface area contributed by atoms with Crippen molar-refractivity contribution < 1.29 is 34.8 Å². The molecule has 0 spiro atoms. The Hall–Kier alpha value is -1.26. The number of methoxy groups -OCH3 is 1. The first-order valence-corrected chi connectivity index (χ1v) is 9.68. The molecular formula is C19H38N2O7. The Balaban J connectivity index is 4.55. The van der Waals surface area contributed by atoms with Crippen LogP contribution in [0.2, 0.25) is 0 Å². The van der Waals surface area contributed by atoms with Crippen molar-refractivity contribution >= 4 is 11.8 Å². The molecule has 0 radical (unpaired) electrons. The summed E-state index contributed by atoms with van der Waals surface area (Å²) >= 11 is 0. The summed E-state index contributed by atoms with van der Waals surface area (Å²) in [5, 5.41) is 44.1. The lowest BCUT2D eigenvalue weighted by atomic mass is 9.82. The summed E-state index contributed by atoms with van der Waals surface area (Å²) < 4.78 is 4.85. The van der Waals surface area contributed by atoms with Crippen molar-refractivity contribution in [3.8, 4) is 0 Å². The minimum atomic E-state index is -1.58. The van der Waals surface area contributed by atoms with Crippen LogP contribution in [0.25, 0.3) is 0 Å². The number of nitrogens with one attached hydrogen (secondary N) is 2. The van der Waals surface area contributed by atoms with E-state index in [1.165, 1.54) is 7.11 Å². The van der Waals surface area contributed by atoms with Gasteiger partial charge < -0.3 is 35.8 Å². The van der Waals surface area contributed by atoms with E-state index in [9.17, 15) is 30.0 Å². The summed E-state index contributed by atoms with van der Waals surface area (Å²) in [5.41, 5.74) is -0.0951. The molecule has 0 fully saturated rings. The van der Waals surface area contributed by atoms with Crippen LogP contribution in [0.5, 0.6) is 0 Å². The Bertz CT molecular complexity index is 468. The van der Waals surface area contributed by atoms with Crippen LogP contribution in [0.3, 0.4) is 0 Å². The van der Waals surface area contributed by atoms with Gasteiger partial charge in [0.15, 0.2) is 0 Å². The number of hydrogen-bond acceptors (Lipinski definition) is 7. The molecule has 0 aromatic heterocycles. The summed E-state index contributed by atoms with van der Waals surface area (Å²) in [7, 11) is 1.47. The minimum Gasteiger partial charge on any atom is -0.390 e. The number of rotatable bonds is 13. The summed E-state index contributed by atoms with van der Waals surface area (Å²) in [6.45, 7) is 7.49. The van der Waals surface area contributed by atoms with E-state index in [1.54, 1.807) is 6.92 Å². The molecule has 0 saturated carbocycles. The van der Waals surface area contributed by atoms with Gasteiger partial charge >= 0.3 is 0 Å². The van der Waals surface area contributed by atoms with Gasteiger partial charge in [-0.05, 0) is 24.7 Å². The van der Waals surface area contributed by atoms with E-state index in [2.05, 4.69) is 10.6 Å². The van der Waals surface area contributed by atoms with Crippen molar-refractivity contribution in [3.05, 3.63) is 0 Å². The third-order valence-corrected chi connectivity index (χ3v) is 4.41. The highest BCUT2D eigenvalue weighted by Crippen LogP contribution is 2.27. The van der Waals surface area contributed by atoms with Crippen LogP contribution in [0.4, 0.5) is 0 Å². The Morgan fingerprint density at radius 1 is 1.00 bits per heavy atom. The molecule has 0 bridgehead atoms. The van der Waals surface area contributed by atoms with Gasteiger partial charge in [0.1, 0.15) is 18.9 Å². The van der Waals surface area contributed by atoms with Crippen LogP contribution in [0.1, 0.15) is 53.4 Å². The fourth-order valence-electron chi connectivity index (χ4n) is 2.78. The molecule has 0 aliphatic carbocycles. The number of amides is 2. The second kappa shape index (κ2) is 13.1. The van der Waals surface area contributed by atoms with Gasteiger partial charge in [0.05, 0.1) is 12.2 Å². The number of ether oxygens (including phenoxy) is 1. The summed E-state index contributed by atoms with van der Waals surface area (Å²) in [6.07, 6.45) is -4.45. The average molecular weight is 407 g/mol. The second-order valence-electron chi connectivity index (χ2n) is 8.30. The predicted octanol–water partition coefficient (Wildman–Crippen LogP) is -0.491. The van der Waals surface area contributed by atoms with Gasteiger partial charge in [0.2, 0.25) is 11.8 Å². The standard InChI is InChI=1S/C19H38N2O7/c1-6-13(22)16(25)17(26)14(23)10-20-15(24)8-7-12(9-19(2,3)4)18(27)21-11-28-5/h12-14,16-17,22-23,25-26H,6-11H2,1-5H3,(H,20,24)(H,21,27)/t12?,13-,14+,16-,17-/m1/s1. The second-order valence-corrected chi connectivity index (χ2v) is 8.30. The van der Waals surface area contributed by atoms with Gasteiger partial charge in [0, 0.05) is 26.0 Å². The van der Waals surface area contributed by atoms with Crippen LogP contribution in [-0.2, 0) is 14.3 Å². The third kappa shape index (κ3) is 10.9. The summed E-state index contributed by atoms with van der Waals surface area (Å²) in [4.78, 5) is 24.3. The maximum Gasteiger partial charge on any atom is 0.224 e. The van der Waals surface area contributed by atoms with Crippen LogP contribution in [0.15, 0.2) is 0 Å². The molecule has 6 N–H and O–H groups in total. The molecule has 1 unspecified atom stereocenters. The normalized spacial score (nSPS) is 17.3. The average Bonchev–Trinajstić information content (AvgIpc) is 2.64. The van der Waals surface area contributed by atoms with E-state index in [0.29, 0.717) is 12.8 Å². The quantitative estimate of drug-likeness (QED) is 0.226. The molecule has 9 nitrogen and oxygen atoms in total. The fraction of sp³-hybridized carbons (Fsp3) is 0.895. The molecule has 0 rings (SSSR count). The van der Waals surface area contributed by atoms with Crippen LogP contribution in [-0.4, -0.2) is 77.0 Å². The van der Waals surface area contributed by atoms with Gasteiger partial charge in [-0.15, -0.1) is 0 Å². The molecule has 28 heavy (non-hydrogen) atoms. The van der Waals surface area contributed by atoms with E-state index < -0.39 is 24.4 Å². The summed E-state index contributed by atoms with van der Waals surface area (Å²) in [5.74, 6) is -0.926. The molecule has 0 aromatic carbocycles. The maximum absolute atomic E-state index is 12.3. The van der Waals surface area contributed by atoms with Crippen molar-refractivity contribution in [3.63, 3.8) is 0 Å². The largest absolute Gasteiger partial charge is 0.390 e. The Morgan fingerprint density at radius 3 is 2.07 bits per heavy atom. The van der Waals surface area contributed by atoms with Gasteiger partial charge in [-0.2, -0.15) is 0 Å². The van der Waals surface area contributed by atoms with E-state index in [-0.39, 0.29) is 49.3 Å². The molecule has 0 aromatic rings. The molecule has 5 atom stereocenters. The van der Waals surface area contributed by atoms with Crippen molar-refractivity contribution in [2.75, 3.05) is 20.4 Å². The summed E-state index contributed by atoms with van der Waals surface area (Å²) in [6, 6.07) is 0. The first kappa shape index (κ1) is 26.7. The van der Waals surface area contributed by atoms with Gasteiger partial charge in [-0.25, -0.2) is 0 Å². The zero-order valence-corrected chi connectivity index (χ0v) is 17.6. The van der Waals surface area contributed by atoms with E-state index in [1.807, 2.05) is 20.8 Å². The number of hydrogen-bond donors (Lipinski definition) is 6. The van der Waals surface area contributed by atoms with Gasteiger partial charge in [-0.3, -0.25) is 9.59 Å². The molecular weight excluding hydrogens is 368 g/mol. The van der Waals surface area contributed by atoms with Gasteiger partial charge in [-0.1, -0.05) is 27.7 Å². The first-order valence-electron chi connectivity index (χ1n) is 9.68. The van der Waals surface area contributed by atoms with E-state index in [0.717, 1.165) is 0 Å². The molecule has 0 saturated heterocycles. The Morgan fingerprint density at radius 2 is 1.57 bits per heavy atom. The lowest BCUT2D eigenvalue weighted by Gasteiger charge is -2.26. The number of carbonyl (C=O) groups excluding carboxylic acids is 2. The molecule has 0 aliphatic heterocycles. The van der Waals surface area contributed by atoms with Crippen LogP contribution < -0.4 is 10.6 Å². The molecule has 166 valence electrons. The van der Waals surface area contributed by atoms with Crippen LogP contribution >= 0.6 is 0 Å². The molecule has 0 aliphatic rings. The number of carbonyl (C=O) groups is 2. The zero-order chi connectivity index (χ0) is 21.9. The van der Waals surface area contributed by atoms with Gasteiger partial charge in [0.25, 0.3) is 0 Å². The topological polar surface area (TPSA) is 148 Å². The number of aliphatic hydroxyl groups is 4. The maximum atomic E-state index is 12.3. The Kier molecular flexibility index (Phi) is 12.5. The zero-order valence-electron chi connectivity index (χ0n) is 17.6. The smallest absolute Gasteiger partial charge is 0.224 e. The third-order valence-electron chi connectivity index (χ3n) is 4.41. The lowest BCUT2D eigenvalue weighted by Crippen LogP contribution is -2.48. The predicted molar refractivity (Wildman–Crippen MR) is 104 cm³/mol. The van der Waals surface area contributed by atoms with Crippen molar-refractivity contribution in [1.29, 1.82) is 0 Å². The minimum absolute atomic E-state index is 0.0735. The first-order chi connectivity index (χ1) is 12.9.